The van der Waals surface area contributed by atoms with Crippen LogP contribution in [0.15, 0.2) is 10.6 Å². The van der Waals surface area contributed by atoms with E-state index in [4.69, 9.17) is 51.1 Å². The molecule has 1 aliphatic rings. The van der Waals surface area contributed by atoms with E-state index in [0.29, 0.717) is 0 Å². The lowest BCUT2D eigenvalue weighted by Gasteiger charge is -2.09. The topological polar surface area (TPSA) is 39.2 Å². The van der Waals surface area contributed by atoms with Crippen molar-refractivity contribution in [2.75, 3.05) is 0 Å². The van der Waals surface area contributed by atoms with Crippen LogP contribution in [0.2, 0.25) is 10.0 Å². The molecular weight excluding hydrogens is 394 g/mol. The lowest BCUT2D eigenvalue weighted by atomic mass is 10.1. The van der Waals surface area contributed by atoms with Gasteiger partial charge in [-0.25, -0.2) is 0 Å². The fraction of sp³-hybridized carbons (Fsp3) is 0.429. The van der Waals surface area contributed by atoms with E-state index in [0.717, 1.165) is 0 Å². The third-order valence-electron chi connectivity index (χ3n) is 3.92. The van der Waals surface area contributed by atoms with Crippen molar-refractivity contribution in [3.63, 3.8) is 0 Å². The molecule has 0 aromatic carbocycles. The molecular formula is C14H11Cl4F2NO2. The molecule has 0 radical (unpaired) electrons. The molecule has 1 fully saturated rings. The Bertz CT molecular complexity index is 664. The Morgan fingerprint density at radius 3 is 2.26 bits per heavy atom. The molecule has 1 saturated carbocycles. The van der Waals surface area contributed by atoms with Crippen LogP contribution in [0.3, 0.4) is 0 Å². The number of hydrogen-bond donors (Lipinski definition) is 0. The number of carbonyl (C=O) groups excluding carboxylic acids is 1. The number of halogens is 6. The van der Waals surface area contributed by atoms with Gasteiger partial charge in [-0.2, -0.15) is 13.8 Å². The summed E-state index contributed by atoms with van der Waals surface area (Å²) < 4.78 is 31.8. The quantitative estimate of drug-likeness (QED) is 0.504. The van der Waals surface area contributed by atoms with Crippen LogP contribution in [-0.2, 0) is 16.1 Å². The summed E-state index contributed by atoms with van der Waals surface area (Å²) in [6.07, 6.45) is 1.56. The highest BCUT2D eigenvalue weighted by molar-refractivity contribution is 6.55. The van der Waals surface area contributed by atoms with Gasteiger partial charge >= 0.3 is 5.97 Å². The van der Waals surface area contributed by atoms with E-state index in [1.54, 1.807) is 6.08 Å². The molecule has 1 aromatic rings. The summed E-state index contributed by atoms with van der Waals surface area (Å²) >= 11 is 22.6. The predicted octanol–water partition coefficient (Wildman–Crippen LogP) is 5.30. The van der Waals surface area contributed by atoms with Gasteiger partial charge in [0.25, 0.3) is 0 Å². The van der Waals surface area contributed by atoms with E-state index in [1.807, 2.05) is 13.8 Å². The molecule has 0 bridgehead atoms. The molecule has 0 spiro atoms. The lowest BCUT2D eigenvalue weighted by Crippen LogP contribution is -2.12. The number of ether oxygens (including phenoxy) is 1. The summed E-state index contributed by atoms with van der Waals surface area (Å²) in [6, 6.07) is 0. The molecule has 1 aliphatic carbocycles. The van der Waals surface area contributed by atoms with E-state index in [1.165, 1.54) is 0 Å². The van der Waals surface area contributed by atoms with Crippen LogP contribution in [0.1, 0.15) is 19.4 Å². The Hall–Kier alpha value is -0.620. The standard InChI is InChI=1S/C14H11Cl4F2NO2/c1-14(2)6(3-7(15)16)8(14)13(22)23-4-5-9(17)11(19)21-12(20)10(5)18/h3,6,8H,4H2,1-2H3/t6-,8-/m0/s1. The molecule has 1 heterocycles. The number of aromatic nitrogens is 1. The summed E-state index contributed by atoms with van der Waals surface area (Å²) in [4.78, 5) is 15.1. The van der Waals surface area contributed by atoms with Gasteiger partial charge in [0.1, 0.15) is 21.1 Å². The zero-order valence-corrected chi connectivity index (χ0v) is 15.0. The van der Waals surface area contributed by atoms with Crippen molar-refractivity contribution in [2.45, 2.75) is 20.5 Å². The maximum absolute atomic E-state index is 13.3. The minimum atomic E-state index is -1.22. The summed E-state index contributed by atoms with van der Waals surface area (Å²) in [5.74, 6) is -3.65. The molecule has 0 aliphatic heterocycles. The maximum atomic E-state index is 13.3. The highest BCUT2D eigenvalue weighted by Crippen LogP contribution is 2.60. The molecule has 23 heavy (non-hydrogen) atoms. The van der Waals surface area contributed by atoms with E-state index in [9.17, 15) is 13.6 Å². The number of rotatable bonds is 4. The van der Waals surface area contributed by atoms with Gasteiger partial charge < -0.3 is 4.74 Å². The van der Waals surface area contributed by atoms with Crippen LogP contribution in [0.25, 0.3) is 0 Å². The second-order valence-corrected chi connectivity index (χ2v) is 7.45. The van der Waals surface area contributed by atoms with Crippen LogP contribution in [0.5, 0.6) is 0 Å². The summed E-state index contributed by atoms with van der Waals surface area (Å²) in [6.45, 7) is 3.23. The fourth-order valence-corrected chi connectivity index (χ4v) is 3.17. The average molecular weight is 405 g/mol. The number of carbonyl (C=O) groups is 1. The van der Waals surface area contributed by atoms with Gasteiger partial charge in [0, 0.05) is 5.56 Å². The van der Waals surface area contributed by atoms with Gasteiger partial charge in [-0.05, 0) is 17.4 Å². The van der Waals surface area contributed by atoms with Crippen molar-refractivity contribution >= 4 is 52.4 Å². The fourth-order valence-electron chi connectivity index (χ4n) is 2.46. The van der Waals surface area contributed by atoms with Gasteiger partial charge in [0.15, 0.2) is 0 Å². The van der Waals surface area contributed by atoms with Crippen LogP contribution in [0.4, 0.5) is 8.78 Å². The lowest BCUT2D eigenvalue weighted by molar-refractivity contribution is -0.147. The van der Waals surface area contributed by atoms with Gasteiger partial charge in [-0.1, -0.05) is 60.3 Å². The van der Waals surface area contributed by atoms with Gasteiger partial charge in [-0.3, -0.25) is 4.79 Å². The first-order chi connectivity index (χ1) is 10.6. The number of hydrogen-bond acceptors (Lipinski definition) is 3. The van der Waals surface area contributed by atoms with Gasteiger partial charge in [0.2, 0.25) is 11.9 Å². The van der Waals surface area contributed by atoms with Crippen LogP contribution in [-0.4, -0.2) is 11.0 Å². The molecule has 0 amide bonds. The Balaban J connectivity index is 2.11. The summed E-state index contributed by atoms with van der Waals surface area (Å²) in [5, 5.41) is -0.973. The molecule has 0 unspecified atom stereocenters. The molecule has 2 rings (SSSR count). The SMILES string of the molecule is CC1(C)[C@H](C(=O)OCc2c(Cl)c(F)nc(F)c2Cl)[C@@H]1C=C(Cl)Cl. The number of pyridine rings is 1. The monoisotopic (exact) mass is 403 g/mol. The van der Waals surface area contributed by atoms with Crippen molar-refractivity contribution < 1.29 is 18.3 Å². The number of nitrogens with zero attached hydrogens (tertiary/aromatic N) is 1. The molecule has 3 nitrogen and oxygen atoms in total. The zero-order valence-electron chi connectivity index (χ0n) is 12.0. The first kappa shape index (κ1) is 18.7. The smallest absolute Gasteiger partial charge is 0.310 e. The van der Waals surface area contributed by atoms with Crippen molar-refractivity contribution in [1.29, 1.82) is 0 Å². The maximum Gasteiger partial charge on any atom is 0.310 e. The first-order valence-corrected chi connectivity index (χ1v) is 7.96. The average Bonchev–Trinajstić information content (AvgIpc) is 2.96. The summed E-state index contributed by atoms with van der Waals surface area (Å²) in [5.41, 5.74) is -0.554. The Morgan fingerprint density at radius 2 is 1.78 bits per heavy atom. The van der Waals surface area contributed by atoms with Crippen molar-refractivity contribution in [2.24, 2.45) is 17.3 Å². The highest BCUT2D eigenvalue weighted by Gasteiger charge is 2.61. The molecule has 0 N–H and O–H groups in total. The first-order valence-electron chi connectivity index (χ1n) is 6.45. The third kappa shape index (κ3) is 3.73. The number of allylic oxidation sites excluding steroid dienone is 1. The van der Waals surface area contributed by atoms with Crippen molar-refractivity contribution in [3.05, 3.63) is 38.1 Å². The molecule has 1 aromatic heterocycles. The van der Waals surface area contributed by atoms with Crippen LogP contribution in [0, 0.1) is 29.1 Å². The second kappa shape index (κ2) is 6.71. The largest absolute Gasteiger partial charge is 0.460 e. The van der Waals surface area contributed by atoms with Gasteiger partial charge in [0.05, 0.1) is 5.92 Å². The molecule has 2 atom stereocenters. The van der Waals surface area contributed by atoms with Gasteiger partial charge in [-0.15, -0.1) is 0 Å². The Labute approximate surface area is 151 Å². The van der Waals surface area contributed by atoms with Crippen molar-refractivity contribution in [1.82, 2.24) is 4.98 Å². The molecule has 0 saturated heterocycles. The third-order valence-corrected chi connectivity index (χ3v) is 4.94. The highest BCUT2D eigenvalue weighted by atomic mass is 35.5. The Morgan fingerprint density at radius 1 is 1.26 bits per heavy atom. The summed E-state index contributed by atoms with van der Waals surface area (Å²) in [7, 11) is 0. The second-order valence-electron chi connectivity index (χ2n) is 5.69. The van der Waals surface area contributed by atoms with E-state index < -0.39 is 40.4 Å². The van der Waals surface area contributed by atoms with Crippen LogP contribution < -0.4 is 0 Å². The number of esters is 1. The minimum Gasteiger partial charge on any atom is -0.460 e. The molecule has 126 valence electrons. The minimum absolute atomic E-state index is 0.0581. The van der Waals surface area contributed by atoms with Crippen molar-refractivity contribution in [3.8, 4) is 0 Å². The van der Waals surface area contributed by atoms with Crippen LogP contribution >= 0.6 is 46.4 Å². The van der Waals surface area contributed by atoms with E-state index in [2.05, 4.69) is 4.98 Å². The normalized spacial score (nSPS) is 21.7. The van der Waals surface area contributed by atoms with E-state index in [-0.39, 0.29) is 21.4 Å². The van der Waals surface area contributed by atoms with E-state index >= 15 is 0 Å². The predicted molar refractivity (Wildman–Crippen MR) is 84.5 cm³/mol. The Kier molecular flexibility index (Phi) is 5.46. The zero-order chi connectivity index (χ0) is 17.5. The molecule has 9 heteroatoms.